The Kier molecular flexibility index (Phi) is 6.84. The first-order valence-corrected chi connectivity index (χ1v) is 7.33. The van der Waals surface area contributed by atoms with Crippen molar-refractivity contribution in [3.05, 3.63) is 0 Å². The lowest BCUT2D eigenvalue weighted by molar-refractivity contribution is -0.124. The number of nitrogens with two attached hydrogens (primary N) is 1. The van der Waals surface area contributed by atoms with Gasteiger partial charge in [-0.2, -0.15) is 0 Å². The van der Waals surface area contributed by atoms with Crippen molar-refractivity contribution in [2.24, 2.45) is 11.7 Å². The van der Waals surface area contributed by atoms with Crippen LogP contribution in [0.3, 0.4) is 0 Å². The van der Waals surface area contributed by atoms with E-state index in [4.69, 9.17) is 5.73 Å². The molecule has 1 atom stereocenters. The fourth-order valence-corrected chi connectivity index (χ4v) is 2.27. The van der Waals surface area contributed by atoms with E-state index in [9.17, 15) is 9.59 Å². The van der Waals surface area contributed by atoms with Gasteiger partial charge >= 0.3 is 0 Å². The monoisotopic (exact) mass is 269 g/mol. The largest absolute Gasteiger partial charge is 0.354 e. The molecule has 0 bridgehead atoms. The van der Waals surface area contributed by atoms with E-state index < -0.39 is 6.04 Å². The maximum atomic E-state index is 11.7. The topological polar surface area (TPSA) is 84.2 Å². The molecule has 2 amide bonds. The van der Waals surface area contributed by atoms with Crippen LogP contribution in [0.2, 0.25) is 0 Å². The molecule has 4 N–H and O–H groups in total. The smallest absolute Gasteiger partial charge is 0.237 e. The maximum absolute atomic E-state index is 11.7. The van der Waals surface area contributed by atoms with E-state index in [0.29, 0.717) is 19.0 Å². The molecule has 0 aromatic rings. The molecule has 19 heavy (non-hydrogen) atoms. The van der Waals surface area contributed by atoms with Gasteiger partial charge in [0.1, 0.15) is 0 Å². The van der Waals surface area contributed by atoms with Gasteiger partial charge in [0.05, 0.1) is 6.04 Å². The lowest BCUT2D eigenvalue weighted by atomic mass is 9.95. The highest BCUT2D eigenvalue weighted by Crippen LogP contribution is 2.17. The van der Waals surface area contributed by atoms with Gasteiger partial charge in [-0.3, -0.25) is 9.59 Å². The predicted octanol–water partition coefficient (Wildman–Crippen LogP) is 0.925. The molecule has 0 aromatic carbocycles. The summed E-state index contributed by atoms with van der Waals surface area (Å²) in [6.07, 6.45) is 6.16. The first-order valence-electron chi connectivity index (χ1n) is 7.33. The zero-order chi connectivity index (χ0) is 14.3. The fraction of sp³-hybridized carbons (Fsp3) is 0.857. The molecule has 0 saturated heterocycles. The molecule has 1 fully saturated rings. The maximum Gasteiger partial charge on any atom is 0.237 e. The van der Waals surface area contributed by atoms with Crippen molar-refractivity contribution < 1.29 is 9.59 Å². The molecule has 5 nitrogen and oxygen atoms in total. The van der Waals surface area contributed by atoms with Gasteiger partial charge in [0.15, 0.2) is 0 Å². The number of rotatable bonds is 6. The van der Waals surface area contributed by atoms with Crippen molar-refractivity contribution in [1.29, 1.82) is 0 Å². The molecule has 0 spiro atoms. The molecule has 0 radical (unpaired) electrons. The number of carbonyl (C=O) groups is 2. The molecule has 110 valence electrons. The summed E-state index contributed by atoms with van der Waals surface area (Å²) in [4.78, 5) is 23.3. The SMILES string of the molecule is CC(C)[C@H](N)C(=O)NCCC(=O)NC1CCCCC1. The molecular weight excluding hydrogens is 242 g/mol. The Hall–Kier alpha value is -1.10. The van der Waals surface area contributed by atoms with E-state index >= 15 is 0 Å². The second-order valence-corrected chi connectivity index (χ2v) is 5.71. The van der Waals surface area contributed by atoms with Crippen LogP contribution in [0.1, 0.15) is 52.4 Å². The quantitative estimate of drug-likeness (QED) is 0.670. The highest BCUT2D eigenvalue weighted by Gasteiger charge is 2.18. The highest BCUT2D eigenvalue weighted by molar-refractivity contribution is 5.82. The van der Waals surface area contributed by atoms with Crippen LogP contribution in [0, 0.1) is 5.92 Å². The summed E-state index contributed by atoms with van der Waals surface area (Å²) >= 11 is 0. The normalized spacial score (nSPS) is 18.1. The van der Waals surface area contributed by atoms with Crippen molar-refractivity contribution >= 4 is 11.8 Å². The summed E-state index contributed by atoms with van der Waals surface area (Å²) in [7, 11) is 0. The van der Waals surface area contributed by atoms with Crippen LogP contribution >= 0.6 is 0 Å². The third-order valence-corrected chi connectivity index (χ3v) is 3.64. The van der Waals surface area contributed by atoms with Gasteiger partial charge in [0.25, 0.3) is 0 Å². The van der Waals surface area contributed by atoms with Gasteiger partial charge in [-0.1, -0.05) is 33.1 Å². The van der Waals surface area contributed by atoms with Gasteiger partial charge in [-0.25, -0.2) is 0 Å². The summed E-state index contributed by atoms with van der Waals surface area (Å²) in [6, 6.07) is -0.170. The average Bonchev–Trinajstić information content (AvgIpc) is 2.38. The van der Waals surface area contributed by atoms with Crippen LogP contribution in [0.4, 0.5) is 0 Å². The Labute approximate surface area is 115 Å². The number of hydrogen-bond acceptors (Lipinski definition) is 3. The van der Waals surface area contributed by atoms with Gasteiger partial charge in [-0.05, 0) is 18.8 Å². The van der Waals surface area contributed by atoms with E-state index in [0.717, 1.165) is 12.8 Å². The Bertz CT molecular complexity index is 299. The van der Waals surface area contributed by atoms with Crippen LogP contribution < -0.4 is 16.4 Å². The summed E-state index contributed by atoms with van der Waals surface area (Å²) in [5.41, 5.74) is 5.71. The molecule has 1 aliphatic carbocycles. The van der Waals surface area contributed by atoms with E-state index in [1.54, 1.807) is 0 Å². The summed E-state index contributed by atoms with van der Waals surface area (Å²) in [6.45, 7) is 4.16. The zero-order valence-electron chi connectivity index (χ0n) is 12.1. The third kappa shape index (κ3) is 6.05. The lowest BCUT2D eigenvalue weighted by Crippen LogP contribution is -2.45. The molecule has 1 aliphatic rings. The summed E-state index contributed by atoms with van der Waals surface area (Å²) in [5.74, 6) is -0.0538. The second kappa shape index (κ2) is 8.15. The van der Waals surface area contributed by atoms with Crippen LogP contribution in [-0.4, -0.2) is 30.4 Å². The first kappa shape index (κ1) is 16.0. The van der Waals surface area contributed by atoms with E-state index in [1.807, 2.05) is 13.8 Å². The minimum absolute atomic E-state index is 0.0188. The minimum atomic E-state index is -0.499. The first-order chi connectivity index (χ1) is 9.00. The Morgan fingerprint density at radius 3 is 2.42 bits per heavy atom. The van der Waals surface area contributed by atoms with E-state index in [1.165, 1.54) is 19.3 Å². The zero-order valence-corrected chi connectivity index (χ0v) is 12.1. The van der Waals surface area contributed by atoms with Gasteiger partial charge in [-0.15, -0.1) is 0 Å². The Balaban J connectivity index is 2.14. The standard InChI is InChI=1S/C14H27N3O2/c1-10(2)13(15)14(19)16-9-8-12(18)17-11-6-4-3-5-7-11/h10-11,13H,3-9,15H2,1-2H3,(H,16,19)(H,17,18)/t13-/m0/s1. The van der Waals surface area contributed by atoms with Gasteiger partial charge < -0.3 is 16.4 Å². The molecule has 0 unspecified atom stereocenters. The third-order valence-electron chi connectivity index (χ3n) is 3.64. The van der Waals surface area contributed by atoms with Crippen molar-refractivity contribution in [1.82, 2.24) is 10.6 Å². The fourth-order valence-electron chi connectivity index (χ4n) is 2.27. The Morgan fingerprint density at radius 2 is 1.84 bits per heavy atom. The molecule has 0 aromatic heterocycles. The number of hydrogen-bond donors (Lipinski definition) is 3. The molecular formula is C14H27N3O2. The predicted molar refractivity (Wildman–Crippen MR) is 75.5 cm³/mol. The molecule has 5 heteroatoms. The van der Waals surface area contributed by atoms with Crippen LogP contribution in [0.5, 0.6) is 0 Å². The van der Waals surface area contributed by atoms with E-state index in [-0.39, 0.29) is 17.7 Å². The van der Waals surface area contributed by atoms with Crippen LogP contribution in [0.15, 0.2) is 0 Å². The number of carbonyl (C=O) groups excluding carboxylic acids is 2. The van der Waals surface area contributed by atoms with Crippen LogP contribution in [-0.2, 0) is 9.59 Å². The van der Waals surface area contributed by atoms with Crippen molar-refractivity contribution in [3.8, 4) is 0 Å². The second-order valence-electron chi connectivity index (χ2n) is 5.71. The lowest BCUT2D eigenvalue weighted by Gasteiger charge is -2.22. The molecule has 1 rings (SSSR count). The summed E-state index contributed by atoms with van der Waals surface area (Å²) < 4.78 is 0. The molecule has 1 saturated carbocycles. The van der Waals surface area contributed by atoms with Crippen molar-refractivity contribution in [2.75, 3.05) is 6.54 Å². The molecule has 0 heterocycles. The van der Waals surface area contributed by atoms with Gasteiger partial charge in [0.2, 0.25) is 11.8 Å². The van der Waals surface area contributed by atoms with Crippen molar-refractivity contribution in [2.45, 2.75) is 64.5 Å². The number of amides is 2. The Morgan fingerprint density at radius 1 is 1.21 bits per heavy atom. The average molecular weight is 269 g/mol. The molecule has 0 aliphatic heterocycles. The minimum Gasteiger partial charge on any atom is -0.354 e. The van der Waals surface area contributed by atoms with Gasteiger partial charge in [0, 0.05) is 19.0 Å². The number of nitrogens with one attached hydrogen (secondary N) is 2. The van der Waals surface area contributed by atoms with E-state index in [2.05, 4.69) is 10.6 Å². The van der Waals surface area contributed by atoms with Crippen LogP contribution in [0.25, 0.3) is 0 Å². The summed E-state index contributed by atoms with van der Waals surface area (Å²) in [5, 5.41) is 5.73. The highest BCUT2D eigenvalue weighted by atomic mass is 16.2. The van der Waals surface area contributed by atoms with Crippen molar-refractivity contribution in [3.63, 3.8) is 0 Å².